The summed E-state index contributed by atoms with van der Waals surface area (Å²) in [5, 5.41) is 0. The molecular weight excluding hydrogens is 212 g/mol. The highest BCUT2D eigenvalue weighted by Crippen LogP contribution is 2.04. The normalized spacial score (nSPS) is 10.0. The first-order chi connectivity index (χ1) is 7.20. The van der Waals surface area contributed by atoms with Gasteiger partial charge in [-0.1, -0.05) is 6.92 Å². The minimum atomic E-state index is -0.255. The average molecular weight is 232 g/mol. The van der Waals surface area contributed by atoms with Crippen LogP contribution in [-0.2, 0) is 14.3 Å². The van der Waals surface area contributed by atoms with E-state index >= 15 is 0 Å². The summed E-state index contributed by atoms with van der Waals surface area (Å²) < 4.78 is 4.87. The molecule has 0 amide bonds. The molecule has 4 heteroatoms. The van der Waals surface area contributed by atoms with Crippen molar-refractivity contribution in [2.45, 2.75) is 39.0 Å². The van der Waals surface area contributed by atoms with Gasteiger partial charge < -0.3 is 4.74 Å². The molecule has 0 aliphatic carbocycles. The fourth-order valence-electron chi connectivity index (χ4n) is 1.07. The predicted octanol–water partition coefficient (Wildman–Crippen LogP) is 2.43. The molecule has 0 aliphatic rings. The quantitative estimate of drug-likeness (QED) is 0.452. The third kappa shape index (κ3) is 9.79. The lowest BCUT2D eigenvalue weighted by molar-refractivity contribution is -0.144. The highest BCUT2D eigenvalue weighted by atomic mass is 32.2. The van der Waals surface area contributed by atoms with Crippen LogP contribution in [0.1, 0.15) is 39.0 Å². The van der Waals surface area contributed by atoms with E-state index in [0.29, 0.717) is 19.4 Å². The van der Waals surface area contributed by atoms with E-state index in [2.05, 4.69) is 0 Å². The summed E-state index contributed by atoms with van der Waals surface area (Å²) >= 11 is 1.74. The predicted molar refractivity (Wildman–Crippen MR) is 63.1 cm³/mol. The van der Waals surface area contributed by atoms with E-state index in [-0.39, 0.29) is 18.2 Å². The Kier molecular flexibility index (Phi) is 9.68. The van der Waals surface area contributed by atoms with Gasteiger partial charge in [-0.3, -0.25) is 9.59 Å². The standard InChI is InChI=1S/C11H20O3S/c1-3-8-14-11(13)7-6-10(12)5-4-9-15-2/h3-9H2,1-2H3. The molecule has 0 fully saturated rings. The van der Waals surface area contributed by atoms with E-state index in [9.17, 15) is 9.59 Å². The summed E-state index contributed by atoms with van der Waals surface area (Å²) in [4.78, 5) is 22.3. The van der Waals surface area contributed by atoms with Crippen molar-refractivity contribution >= 4 is 23.5 Å². The van der Waals surface area contributed by atoms with E-state index in [1.165, 1.54) is 0 Å². The van der Waals surface area contributed by atoms with E-state index in [4.69, 9.17) is 4.74 Å². The molecule has 0 aliphatic heterocycles. The monoisotopic (exact) mass is 232 g/mol. The van der Waals surface area contributed by atoms with Crippen molar-refractivity contribution in [2.75, 3.05) is 18.6 Å². The zero-order valence-corrected chi connectivity index (χ0v) is 10.4. The van der Waals surface area contributed by atoms with Crippen LogP contribution < -0.4 is 0 Å². The van der Waals surface area contributed by atoms with Crippen LogP contribution in [0, 0.1) is 0 Å². The maximum Gasteiger partial charge on any atom is 0.306 e. The second-order valence-electron chi connectivity index (χ2n) is 3.36. The number of thioether (sulfide) groups is 1. The number of carbonyl (C=O) groups is 2. The fourth-order valence-corrected chi connectivity index (χ4v) is 1.50. The molecule has 0 atom stereocenters. The number of hydrogen-bond acceptors (Lipinski definition) is 4. The lowest BCUT2D eigenvalue weighted by Crippen LogP contribution is -2.08. The molecule has 0 spiro atoms. The average Bonchev–Trinajstić information content (AvgIpc) is 2.24. The maximum atomic E-state index is 11.3. The van der Waals surface area contributed by atoms with Gasteiger partial charge in [0.05, 0.1) is 13.0 Å². The summed E-state index contributed by atoms with van der Waals surface area (Å²) in [7, 11) is 0. The first kappa shape index (κ1) is 14.5. The van der Waals surface area contributed by atoms with E-state index in [1.807, 2.05) is 13.2 Å². The van der Waals surface area contributed by atoms with Crippen LogP contribution in [0.25, 0.3) is 0 Å². The SMILES string of the molecule is CCCOC(=O)CCC(=O)CCCSC. The van der Waals surface area contributed by atoms with Gasteiger partial charge in [0.25, 0.3) is 0 Å². The fraction of sp³-hybridized carbons (Fsp3) is 0.818. The van der Waals surface area contributed by atoms with Gasteiger partial charge in [0.1, 0.15) is 5.78 Å². The molecule has 0 bridgehead atoms. The van der Waals surface area contributed by atoms with Crippen LogP contribution in [0.3, 0.4) is 0 Å². The molecule has 88 valence electrons. The molecular formula is C11H20O3S. The summed E-state index contributed by atoms with van der Waals surface area (Å²) in [5.41, 5.74) is 0. The summed E-state index contributed by atoms with van der Waals surface area (Å²) in [5.74, 6) is 0.916. The van der Waals surface area contributed by atoms with Gasteiger partial charge in [0.2, 0.25) is 0 Å². The van der Waals surface area contributed by atoms with Gasteiger partial charge in [-0.15, -0.1) is 0 Å². The van der Waals surface area contributed by atoms with Crippen molar-refractivity contribution < 1.29 is 14.3 Å². The Morgan fingerprint density at radius 3 is 2.53 bits per heavy atom. The summed E-state index contributed by atoms with van der Waals surface area (Å²) in [6.07, 6.45) is 4.90. The van der Waals surface area contributed by atoms with Crippen LogP contribution in [0.4, 0.5) is 0 Å². The van der Waals surface area contributed by atoms with Crippen molar-refractivity contribution in [1.82, 2.24) is 0 Å². The molecule has 0 unspecified atom stereocenters. The van der Waals surface area contributed by atoms with Crippen molar-refractivity contribution in [3.05, 3.63) is 0 Å². The Balaban J connectivity index is 3.40. The Morgan fingerprint density at radius 1 is 1.20 bits per heavy atom. The Bertz CT molecular complexity index is 192. The van der Waals surface area contributed by atoms with Gasteiger partial charge in [0.15, 0.2) is 0 Å². The molecule has 0 saturated heterocycles. The Hall–Kier alpha value is -0.510. The minimum Gasteiger partial charge on any atom is -0.466 e. The van der Waals surface area contributed by atoms with Crippen molar-refractivity contribution in [3.8, 4) is 0 Å². The molecule has 0 saturated carbocycles. The van der Waals surface area contributed by atoms with E-state index < -0.39 is 0 Å². The summed E-state index contributed by atoms with van der Waals surface area (Å²) in [6, 6.07) is 0. The first-order valence-electron chi connectivity index (χ1n) is 5.37. The second kappa shape index (κ2) is 10.0. The highest BCUT2D eigenvalue weighted by Gasteiger charge is 2.07. The third-order valence-corrected chi connectivity index (χ3v) is 2.58. The van der Waals surface area contributed by atoms with Crippen LogP contribution in [-0.4, -0.2) is 30.4 Å². The topological polar surface area (TPSA) is 43.4 Å². The molecule has 0 aromatic rings. The van der Waals surface area contributed by atoms with Crippen LogP contribution >= 0.6 is 11.8 Å². The lowest BCUT2D eigenvalue weighted by atomic mass is 10.1. The van der Waals surface area contributed by atoms with Gasteiger partial charge in [0, 0.05) is 12.8 Å². The lowest BCUT2D eigenvalue weighted by Gasteiger charge is -2.02. The third-order valence-electron chi connectivity index (χ3n) is 1.88. The smallest absolute Gasteiger partial charge is 0.306 e. The Morgan fingerprint density at radius 2 is 1.93 bits per heavy atom. The van der Waals surface area contributed by atoms with Crippen LogP contribution in [0.2, 0.25) is 0 Å². The van der Waals surface area contributed by atoms with Crippen LogP contribution in [0.15, 0.2) is 0 Å². The molecule has 0 N–H and O–H groups in total. The first-order valence-corrected chi connectivity index (χ1v) is 6.76. The number of hydrogen-bond donors (Lipinski definition) is 0. The van der Waals surface area contributed by atoms with Crippen molar-refractivity contribution in [1.29, 1.82) is 0 Å². The molecule has 3 nitrogen and oxygen atoms in total. The number of esters is 1. The second-order valence-corrected chi connectivity index (χ2v) is 4.34. The zero-order valence-electron chi connectivity index (χ0n) is 9.58. The largest absolute Gasteiger partial charge is 0.466 e. The summed E-state index contributed by atoms with van der Waals surface area (Å²) in [6.45, 7) is 2.40. The number of ketones is 1. The van der Waals surface area contributed by atoms with Crippen LogP contribution in [0.5, 0.6) is 0 Å². The molecule has 0 aromatic carbocycles. The number of ether oxygens (including phenoxy) is 1. The number of Topliss-reactive ketones (excluding diaryl/α,β-unsaturated/α-hetero) is 1. The molecule has 0 rings (SSSR count). The molecule has 15 heavy (non-hydrogen) atoms. The van der Waals surface area contributed by atoms with E-state index in [0.717, 1.165) is 18.6 Å². The van der Waals surface area contributed by atoms with E-state index in [1.54, 1.807) is 11.8 Å². The van der Waals surface area contributed by atoms with Crippen molar-refractivity contribution in [3.63, 3.8) is 0 Å². The molecule has 0 radical (unpaired) electrons. The Labute approximate surface area is 95.9 Å². The van der Waals surface area contributed by atoms with Crippen molar-refractivity contribution in [2.24, 2.45) is 0 Å². The van der Waals surface area contributed by atoms with Gasteiger partial charge >= 0.3 is 5.97 Å². The van der Waals surface area contributed by atoms with Gasteiger partial charge in [-0.05, 0) is 24.9 Å². The molecule has 0 aromatic heterocycles. The van der Waals surface area contributed by atoms with Gasteiger partial charge in [-0.2, -0.15) is 11.8 Å². The molecule has 0 heterocycles. The number of rotatable bonds is 9. The number of carbonyl (C=O) groups excluding carboxylic acids is 2. The minimum absolute atomic E-state index is 0.164. The zero-order chi connectivity index (χ0) is 11.5. The highest BCUT2D eigenvalue weighted by molar-refractivity contribution is 7.98. The maximum absolute atomic E-state index is 11.3. The van der Waals surface area contributed by atoms with Gasteiger partial charge in [-0.25, -0.2) is 0 Å².